The zero-order valence-electron chi connectivity index (χ0n) is 10.5. The number of nitrogens with one attached hydrogen (secondary N) is 2. The van der Waals surface area contributed by atoms with Crippen molar-refractivity contribution in [1.82, 2.24) is 15.3 Å². The Bertz CT molecular complexity index is 442. The van der Waals surface area contributed by atoms with Crippen LogP contribution in [-0.2, 0) is 16.0 Å². The van der Waals surface area contributed by atoms with E-state index in [-0.39, 0.29) is 24.8 Å². The Morgan fingerprint density at radius 2 is 2.32 bits per heavy atom. The van der Waals surface area contributed by atoms with E-state index in [1.807, 2.05) is 0 Å². The van der Waals surface area contributed by atoms with Crippen LogP contribution in [0.5, 0.6) is 0 Å². The Labute approximate surface area is 110 Å². The number of nitrogens with zero attached hydrogens (tertiary/aromatic N) is 1. The zero-order valence-corrected chi connectivity index (χ0v) is 10.5. The molecule has 1 saturated carbocycles. The maximum absolute atomic E-state index is 11.7. The van der Waals surface area contributed by atoms with Crippen molar-refractivity contribution in [3.05, 3.63) is 18.2 Å². The van der Waals surface area contributed by atoms with Gasteiger partial charge in [-0.25, -0.2) is 9.78 Å². The van der Waals surface area contributed by atoms with E-state index in [0.29, 0.717) is 11.6 Å². The predicted octanol–water partition coefficient (Wildman–Crippen LogP) is -0.351. The first-order valence-electron chi connectivity index (χ1n) is 6.31. The Kier molecular flexibility index (Phi) is 4.16. The molecule has 7 nitrogen and oxygen atoms in total. The quantitative estimate of drug-likeness (QED) is 0.537. The van der Waals surface area contributed by atoms with Crippen molar-refractivity contribution in [3.63, 3.8) is 0 Å². The molecular formula is C12H18N4O3. The molecule has 1 aromatic rings. The van der Waals surface area contributed by atoms with Crippen molar-refractivity contribution < 1.29 is 14.7 Å². The summed E-state index contributed by atoms with van der Waals surface area (Å²) in [6, 6.07) is -1.12. The Balaban J connectivity index is 1.85. The number of aromatic amines is 1. The molecule has 104 valence electrons. The van der Waals surface area contributed by atoms with E-state index in [1.54, 1.807) is 0 Å². The number of imidazole rings is 1. The van der Waals surface area contributed by atoms with E-state index in [9.17, 15) is 9.59 Å². The highest BCUT2D eigenvalue weighted by Gasteiger charge is 2.30. The molecule has 2 rings (SSSR count). The molecule has 1 unspecified atom stereocenters. The third-order valence-electron chi connectivity index (χ3n) is 3.26. The Hall–Kier alpha value is -1.89. The van der Waals surface area contributed by atoms with Crippen molar-refractivity contribution in [3.8, 4) is 0 Å². The summed E-state index contributed by atoms with van der Waals surface area (Å²) in [5.41, 5.74) is 6.51. The van der Waals surface area contributed by atoms with Gasteiger partial charge in [-0.1, -0.05) is 0 Å². The molecule has 2 atom stereocenters. The fourth-order valence-corrected chi connectivity index (χ4v) is 1.97. The van der Waals surface area contributed by atoms with Crippen LogP contribution in [0.15, 0.2) is 12.5 Å². The average molecular weight is 266 g/mol. The molecule has 0 saturated heterocycles. The van der Waals surface area contributed by atoms with E-state index < -0.39 is 12.0 Å². The third-order valence-corrected chi connectivity index (χ3v) is 3.26. The van der Waals surface area contributed by atoms with E-state index in [2.05, 4.69) is 15.3 Å². The number of nitrogens with two attached hydrogens (primary N) is 1. The summed E-state index contributed by atoms with van der Waals surface area (Å²) in [6.07, 6.45) is 5.49. The number of carboxylic acid groups (broad SMARTS) is 1. The average Bonchev–Trinajstić information content (AvgIpc) is 3.07. The van der Waals surface area contributed by atoms with E-state index in [1.165, 1.54) is 12.5 Å². The van der Waals surface area contributed by atoms with Crippen molar-refractivity contribution >= 4 is 11.9 Å². The van der Waals surface area contributed by atoms with Gasteiger partial charge in [0.2, 0.25) is 5.91 Å². The minimum absolute atomic E-state index is 0.165. The molecule has 0 aromatic carbocycles. The Morgan fingerprint density at radius 3 is 2.84 bits per heavy atom. The molecule has 0 radical (unpaired) electrons. The van der Waals surface area contributed by atoms with Gasteiger partial charge < -0.3 is 21.1 Å². The first-order valence-corrected chi connectivity index (χ1v) is 6.31. The van der Waals surface area contributed by atoms with Crippen molar-refractivity contribution in [2.24, 2.45) is 11.7 Å². The van der Waals surface area contributed by atoms with Crippen LogP contribution in [0, 0.1) is 5.92 Å². The number of amides is 1. The van der Waals surface area contributed by atoms with Gasteiger partial charge in [0.15, 0.2) is 0 Å². The lowest BCUT2D eigenvalue weighted by atomic mass is 10.1. The highest BCUT2D eigenvalue weighted by molar-refractivity contribution is 5.84. The van der Waals surface area contributed by atoms with Crippen LogP contribution >= 0.6 is 0 Å². The lowest BCUT2D eigenvalue weighted by Crippen LogP contribution is -2.44. The van der Waals surface area contributed by atoms with Crippen molar-refractivity contribution in [2.45, 2.75) is 37.8 Å². The first kappa shape index (κ1) is 13.5. The van der Waals surface area contributed by atoms with Gasteiger partial charge in [-0.3, -0.25) is 4.79 Å². The lowest BCUT2D eigenvalue weighted by molar-refractivity contribution is -0.141. The summed E-state index contributed by atoms with van der Waals surface area (Å²) in [4.78, 5) is 29.5. The second-order valence-electron chi connectivity index (χ2n) is 4.94. The summed E-state index contributed by atoms with van der Waals surface area (Å²) in [5.74, 6) is -0.962. The minimum Gasteiger partial charge on any atom is -0.480 e. The summed E-state index contributed by atoms with van der Waals surface area (Å²) in [6.45, 7) is 0. The molecule has 1 aliphatic rings. The van der Waals surface area contributed by atoms with E-state index >= 15 is 0 Å². The molecule has 1 aromatic heterocycles. The standard InChI is InChI=1S/C12H18N4O3/c13-9(7-1-2-7)4-11(17)16-10(12(18)19)3-8-5-14-6-15-8/h5-7,9-10H,1-4,13H2,(H,14,15)(H,16,17)(H,18,19)/t9?,10-/m1/s1. The third kappa shape index (κ3) is 4.06. The van der Waals surface area contributed by atoms with Gasteiger partial charge >= 0.3 is 5.97 Å². The molecule has 1 aliphatic carbocycles. The van der Waals surface area contributed by atoms with Crippen LogP contribution in [0.4, 0.5) is 0 Å². The monoisotopic (exact) mass is 266 g/mol. The smallest absolute Gasteiger partial charge is 0.326 e. The van der Waals surface area contributed by atoms with Crippen LogP contribution in [0.25, 0.3) is 0 Å². The van der Waals surface area contributed by atoms with Crippen LogP contribution < -0.4 is 11.1 Å². The van der Waals surface area contributed by atoms with Gasteiger partial charge in [0.1, 0.15) is 6.04 Å². The highest BCUT2D eigenvalue weighted by atomic mass is 16.4. The fourth-order valence-electron chi connectivity index (χ4n) is 1.97. The molecule has 1 fully saturated rings. The van der Waals surface area contributed by atoms with Gasteiger partial charge in [0, 0.05) is 30.8 Å². The summed E-state index contributed by atoms with van der Waals surface area (Å²) in [5, 5.41) is 11.6. The van der Waals surface area contributed by atoms with Gasteiger partial charge in [-0.05, 0) is 18.8 Å². The van der Waals surface area contributed by atoms with E-state index in [4.69, 9.17) is 10.8 Å². The summed E-state index contributed by atoms with van der Waals surface area (Å²) < 4.78 is 0. The zero-order chi connectivity index (χ0) is 13.8. The molecule has 19 heavy (non-hydrogen) atoms. The molecule has 0 bridgehead atoms. The largest absolute Gasteiger partial charge is 0.480 e. The van der Waals surface area contributed by atoms with Gasteiger partial charge in [0.05, 0.1) is 6.33 Å². The van der Waals surface area contributed by atoms with Crippen LogP contribution in [0.3, 0.4) is 0 Å². The SMILES string of the molecule is NC(CC(=O)N[C@H](Cc1cnc[nH]1)C(=O)O)C1CC1. The maximum Gasteiger partial charge on any atom is 0.326 e. The highest BCUT2D eigenvalue weighted by Crippen LogP contribution is 2.32. The minimum atomic E-state index is -1.07. The predicted molar refractivity (Wildman–Crippen MR) is 67.2 cm³/mol. The Morgan fingerprint density at radius 1 is 1.58 bits per heavy atom. The molecule has 0 aliphatic heterocycles. The molecule has 5 N–H and O–H groups in total. The van der Waals surface area contributed by atoms with Gasteiger partial charge in [0.25, 0.3) is 0 Å². The number of hydrogen-bond donors (Lipinski definition) is 4. The normalized spacial score (nSPS) is 17.7. The van der Waals surface area contributed by atoms with Crippen LogP contribution in [0.2, 0.25) is 0 Å². The van der Waals surface area contributed by atoms with Gasteiger partial charge in [-0.15, -0.1) is 0 Å². The molecule has 1 heterocycles. The molecule has 0 spiro atoms. The fraction of sp³-hybridized carbons (Fsp3) is 0.583. The molecule has 7 heteroatoms. The van der Waals surface area contributed by atoms with Crippen molar-refractivity contribution in [1.29, 1.82) is 0 Å². The lowest BCUT2D eigenvalue weighted by Gasteiger charge is -2.15. The van der Waals surface area contributed by atoms with Crippen molar-refractivity contribution in [2.75, 3.05) is 0 Å². The molecular weight excluding hydrogens is 248 g/mol. The number of carbonyl (C=O) groups excluding carboxylic acids is 1. The first-order chi connectivity index (χ1) is 9.06. The number of carboxylic acids is 1. The van der Waals surface area contributed by atoms with Gasteiger partial charge in [-0.2, -0.15) is 0 Å². The topological polar surface area (TPSA) is 121 Å². The van der Waals surface area contributed by atoms with Crippen LogP contribution in [0.1, 0.15) is 25.0 Å². The number of aromatic nitrogens is 2. The second kappa shape index (κ2) is 5.83. The number of carbonyl (C=O) groups is 2. The number of rotatable bonds is 7. The summed E-state index contributed by atoms with van der Waals surface area (Å²) >= 11 is 0. The number of hydrogen-bond acceptors (Lipinski definition) is 4. The number of H-pyrrole nitrogens is 1. The summed E-state index contributed by atoms with van der Waals surface area (Å²) in [7, 11) is 0. The second-order valence-corrected chi connectivity index (χ2v) is 4.94. The van der Waals surface area contributed by atoms with Crippen LogP contribution in [-0.4, -0.2) is 39.0 Å². The number of aliphatic carboxylic acids is 1. The van der Waals surface area contributed by atoms with E-state index in [0.717, 1.165) is 12.8 Å². The molecule has 1 amide bonds. The maximum atomic E-state index is 11.7.